The average molecular weight is 514 g/mol. The van der Waals surface area contributed by atoms with Crippen molar-refractivity contribution in [1.29, 1.82) is 0 Å². The van der Waals surface area contributed by atoms with Crippen molar-refractivity contribution in [2.45, 2.75) is 49.9 Å². The van der Waals surface area contributed by atoms with Gasteiger partial charge in [0.2, 0.25) is 6.17 Å². The molecular formula is C29H31N5O4. The first-order chi connectivity index (χ1) is 18.1. The van der Waals surface area contributed by atoms with Crippen LogP contribution in [0.25, 0.3) is 0 Å². The van der Waals surface area contributed by atoms with E-state index in [2.05, 4.69) is 10.6 Å². The van der Waals surface area contributed by atoms with E-state index in [9.17, 15) is 19.5 Å². The molecule has 0 aromatic heterocycles. The molecule has 3 aliphatic rings. The number of hydrogen-bond acceptors (Lipinski definition) is 5. The van der Waals surface area contributed by atoms with Gasteiger partial charge in [0, 0.05) is 18.2 Å². The van der Waals surface area contributed by atoms with Gasteiger partial charge < -0.3 is 26.4 Å². The zero-order valence-corrected chi connectivity index (χ0v) is 21.4. The Kier molecular flexibility index (Phi) is 6.40. The molecule has 0 saturated carbocycles. The van der Waals surface area contributed by atoms with E-state index in [1.165, 1.54) is 4.90 Å². The van der Waals surface area contributed by atoms with Crippen molar-refractivity contribution in [3.05, 3.63) is 89.0 Å². The van der Waals surface area contributed by atoms with Crippen molar-refractivity contribution in [2.24, 2.45) is 10.7 Å². The fourth-order valence-electron chi connectivity index (χ4n) is 5.41. The Hall–Kier alpha value is -4.24. The number of likely N-dealkylation sites (N-methyl/N-ethyl adjacent to an activating group) is 1. The summed E-state index contributed by atoms with van der Waals surface area (Å²) in [4.78, 5) is 44.6. The summed E-state index contributed by atoms with van der Waals surface area (Å²) in [5.41, 5.74) is 9.00. The number of nitrogens with one attached hydrogen (secondary N) is 2. The Balaban J connectivity index is 1.37. The molecule has 2 unspecified atom stereocenters. The van der Waals surface area contributed by atoms with Crippen LogP contribution in [0.3, 0.4) is 0 Å². The Bertz CT molecular complexity index is 1400. The zero-order chi connectivity index (χ0) is 27.1. The van der Waals surface area contributed by atoms with E-state index in [4.69, 9.17) is 10.7 Å². The van der Waals surface area contributed by atoms with Crippen molar-refractivity contribution < 1.29 is 19.5 Å². The maximum absolute atomic E-state index is 13.4. The van der Waals surface area contributed by atoms with Crippen molar-refractivity contribution in [1.82, 2.24) is 10.6 Å². The number of anilines is 1. The van der Waals surface area contributed by atoms with E-state index >= 15 is 0 Å². The van der Waals surface area contributed by atoms with Gasteiger partial charge in [0.05, 0.1) is 16.9 Å². The van der Waals surface area contributed by atoms with Crippen molar-refractivity contribution in [2.75, 3.05) is 11.9 Å². The number of benzene rings is 2. The molecule has 5 rings (SSSR count). The predicted molar refractivity (Wildman–Crippen MR) is 145 cm³/mol. The molecule has 9 heteroatoms. The lowest BCUT2D eigenvalue weighted by Gasteiger charge is -2.39. The minimum absolute atomic E-state index is 0.232. The van der Waals surface area contributed by atoms with E-state index in [0.29, 0.717) is 30.7 Å². The van der Waals surface area contributed by atoms with Crippen LogP contribution in [0, 0.1) is 0 Å². The molecular weight excluding hydrogens is 482 g/mol. The SMILES string of the molecule is CN1C(=O)[C@H](NC(=O)NC2(C)C=CC3=C(C2)CC(N)(C(=O)O)CC3)N=C(c2ccccc2)c2ccccc21. The highest BCUT2D eigenvalue weighted by atomic mass is 16.4. The molecule has 1 heterocycles. The number of carboxylic acid groups (broad SMARTS) is 1. The van der Waals surface area contributed by atoms with Crippen LogP contribution in [-0.2, 0) is 9.59 Å². The van der Waals surface area contributed by atoms with Crippen LogP contribution in [0.15, 0.2) is 82.9 Å². The van der Waals surface area contributed by atoms with E-state index < -0.39 is 29.2 Å². The monoisotopic (exact) mass is 513 g/mol. The third-order valence-electron chi connectivity index (χ3n) is 7.54. The number of amides is 3. The Morgan fingerprint density at radius 3 is 2.55 bits per heavy atom. The summed E-state index contributed by atoms with van der Waals surface area (Å²) >= 11 is 0. The van der Waals surface area contributed by atoms with Gasteiger partial charge in [0.25, 0.3) is 5.91 Å². The first-order valence-electron chi connectivity index (χ1n) is 12.6. The molecule has 38 heavy (non-hydrogen) atoms. The van der Waals surface area contributed by atoms with E-state index in [0.717, 1.165) is 22.3 Å². The number of carboxylic acids is 1. The van der Waals surface area contributed by atoms with Gasteiger partial charge in [-0.1, -0.05) is 66.3 Å². The van der Waals surface area contributed by atoms with Gasteiger partial charge >= 0.3 is 12.0 Å². The molecule has 0 fully saturated rings. The molecule has 2 aromatic carbocycles. The molecule has 2 aromatic rings. The Morgan fingerprint density at radius 1 is 1.11 bits per heavy atom. The lowest BCUT2D eigenvalue weighted by Crippen LogP contribution is -2.56. The number of allylic oxidation sites excluding steroid dienone is 2. The molecule has 0 bridgehead atoms. The normalized spacial score (nSPS) is 26.6. The molecule has 3 atom stereocenters. The second kappa shape index (κ2) is 9.57. The average Bonchev–Trinajstić information content (AvgIpc) is 2.99. The van der Waals surface area contributed by atoms with Crippen LogP contribution in [0.2, 0.25) is 0 Å². The quantitative estimate of drug-likeness (QED) is 0.498. The molecule has 2 aliphatic carbocycles. The first-order valence-corrected chi connectivity index (χ1v) is 12.6. The fraction of sp³-hybridized carbons (Fsp3) is 0.310. The molecule has 9 nitrogen and oxygen atoms in total. The summed E-state index contributed by atoms with van der Waals surface area (Å²) in [5.74, 6) is -1.38. The summed E-state index contributed by atoms with van der Waals surface area (Å²) in [5, 5.41) is 15.3. The van der Waals surface area contributed by atoms with Gasteiger partial charge in [-0.05, 0) is 44.2 Å². The van der Waals surface area contributed by atoms with Gasteiger partial charge in [0.15, 0.2) is 0 Å². The minimum atomic E-state index is -1.30. The van der Waals surface area contributed by atoms with Crippen LogP contribution in [0.1, 0.15) is 43.7 Å². The highest BCUT2D eigenvalue weighted by molar-refractivity contribution is 6.20. The van der Waals surface area contributed by atoms with E-state index in [-0.39, 0.29) is 12.3 Å². The highest BCUT2D eigenvalue weighted by Crippen LogP contribution is 2.39. The summed E-state index contributed by atoms with van der Waals surface area (Å²) in [6.45, 7) is 1.86. The van der Waals surface area contributed by atoms with Crippen molar-refractivity contribution >= 4 is 29.3 Å². The van der Waals surface area contributed by atoms with Gasteiger partial charge in [-0.15, -0.1) is 0 Å². The Labute approximate surface area is 221 Å². The number of carbonyl (C=O) groups excluding carboxylic acids is 2. The van der Waals surface area contributed by atoms with Crippen molar-refractivity contribution in [3.8, 4) is 0 Å². The number of urea groups is 1. The van der Waals surface area contributed by atoms with Crippen LogP contribution >= 0.6 is 0 Å². The number of rotatable bonds is 4. The van der Waals surface area contributed by atoms with Gasteiger partial charge in [-0.25, -0.2) is 9.79 Å². The molecule has 0 saturated heterocycles. The number of nitrogens with two attached hydrogens (primary N) is 1. The number of nitrogens with zero attached hydrogens (tertiary/aromatic N) is 2. The van der Waals surface area contributed by atoms with Crippen LogP contribution in [0.4, 0.5) is 10.5 Å². The van der Waals surface area contributed by atoms with E-state index in [1.807, 2.05) is 73.7 Å². The lowest BCUT2D eigenvalue weighted by molar-refractivity contribution is -0.143. The third kappa shape index (κ3) is 4.72. The number of benzodiazepines with no additional fused rings is 1. The minimum Gasteiger partial charge on any atom is -0.480 e. The van der Waals surface area contributed by atoms with Gasteiger partial charge in [0.1, 0.15) is 5.54 Å². The number of fused-ring (bicyclic) bond motifs is 1. The second-order valence-corrected chi connectivity index (χ2v) is 10.5. The van der Waals surface area contributed by atoms with Crippen LogP contribution in [0.5, 0.6) is 0 Å². The number of carbonyl (C=O) groups is 3. The van der Waals surface area contributed by atoms with E-state index in [1.54, 1.807) is 7.05 Å². The smallest absolute Gasteiger partial charge is 0.324 e. The molecule has 1 aliphatic heterocycles. The zero-order valence-electron chi connectivity index (χ0n) is 21.4. The first kappa shape index (κ1) is 25.4. The summed E-state index contributed by atoms with van der Waals surface area (Å²) in [6, 6.07) is 16.5. The topological polar surface area (TPSA) is 137 Å². The van der Waals surface area contributed by atoms with Crippen LogP contribution < -0.4 is 21.3 Å². The largest absolute Gasteiger partial charge is 0.480 e. The lowest BCUT2D eigenvalue weighted by atomic mass is 9.72. The standard InChI is InChI=1S/C29H31N5O4/c1-28(14-12-18-13-15-29(30,26(36)37)17-20(18)16-28)33-27(38)32-24-25(35)34(2)22-11-7-6-10-21(22)23(31-24)19-8-4-3-5-9-19/h3-12,14,24H,13,15-17,30H2,1-2H3,(H,36,37)(H2,32,33,38)/t24-,28?,29?/m0/s1. The molecule has 3 amide bonds. The number of hydrogen-bond donors (Lipinski definition) is 4. The Morgan fingerprint density at radius 2 is 1.82 bits per heavy atom. The number of aliphatic carboxylic acids is 1. The number of aliphatic imine (C=N–C) groups is 1. The molecule has 5 N–H and O–H groups in total. The maximum Gasteiger partial charge on any atom is 0.324 e. The maximum atomic E-state index is 13.4. The fourth-order valence-corrected chi connectivity index (χ4v) is 5.41. The summed E-state index contributed by atoms with van der Waals surface area (Å²) in [6.07, 6.45) is 4.32. The van der Waals surface area contributed by atoms with Gasteiger partial charge in [-0.2, -0.15) is 0 Å². The molecule has 0 radical (unpaired) electrons. The molecule has 0 spiro atoms. The highest BCUT2D eigenvalue weighted by Gasteiger charge is 2.41. The number of para-hydroxylation sites is 1. The van der Waals surface area contributed by atoms with Crippen LogP contribution in [-0.4, -0.2) is 53.0 Å². The van der Waals surface area contributed by atoms with Gasteiger partial charge in [-0.3, -0.25) is 9.59 Å². The van der Waals surface area contributed by atoms with Crippen molar-refractivity contribution in [3.63, 3.8) is 0 Å². The summed E-state index contributed by atoms with van der Waals surface area (Å²) < 4.78 is 0. The molecule has 196 valence electrons. The third-order valence-corrected chi connectivity index (χ3v) is 7.54. The summed E-state index contributed by atoms with van der Waals surface area (Å²) in [7, 11) is 1.67. The second-order valence-electron chi connectivity index (χ2n) is 10.5. The predicted octanol–water partition coefficient (Wildman–Crippen LogP) is 3.11.